The lowest BCUT2D eigenvalue weighted by atomic mass is 9.82. The minimum Gasteiger partial charge on any atom is -0.280 e. The van der Waals surface area contributed by atoms with Gasteiger partial charge in [0.25, 0.3) is 0 Å². The molecule has 4 rings (SSSR count). The van der Waals surface area contributed by atoms with Crippen LogP contribution in [0.15, 0.2) is 59.7 Å². The normalized spacial score (nSPS) is 19.9. The van der Waals surface area contributed by atoms with Gasteiger partial charge in [-0.05, 0) is 24.6 Å². The molecule has 120 valence electrons. The second-order valence-electron chi connectivity index (χ2n) is 6.36. The van der Waals surface area contributed by atoms with Gasteiger partial charge in [0.05, 0.1) is 17.3 Å². The molecule has 1 aromatic heterocycles. The third-order valence-electron chi connectivity index (χ3n) is 4.92. The minimum absolute atomic E-state index is 0.0864. The SMILES string of the molecule is CCC1N=C(c2cnc3ccccc3c2)c2cccc(F)c2C1C. The Kier molecular flexibility index (Phi) is 3.64. The number of aromatic nitrogens is 1. The Hall–Kier alpha value is -2.55. The maximum absolute atomic E-state index is 14.5. The Morgan fingerprint density at radius 1 is 1.08 bits per heavy atom. The number of halogens is 1. The Bertz CT molecular complexity index is 945. The van der Waals surface area contributed by atoms with E-state index in [9.17, 15) is 4.39 Å². The van der Waals surface area contributed by atoms with Crippen molar-refractivity contribution in [2.75, 3.05) is 0 Å². The van der Waals surface area contributed by atoms with Crippen molar-refractivity contribution in [1.29, 1.82) is 0 Å². The number of fused-ring (bicyclic) bond motifs is 2. The van der Waals surface area contributed by atoms with Gasteiger partial charge in [0, 0.05) is 34.2 Å². The quantitative estimate of drug-likeness (QED) is 0.645. The summed E-state index contributed by atoms with van der Waals surface area (Å²) in [4.78, 5) is 9.50. The van der Waals surface area contributed by atoms with E-state index in [1.807, 2.05) is 36.5 Å². The van der Waals surface area contributed by atoms with Gasteiger partial charge in [-0.3, -0.25) is 9.98 Å². The first-order chi connectivity index (χ1) is 11.7. The maximum Gasteiger partial charge on any atom is 0.127 e. The van der Waals surface area contributed by atoms with Crippen LogP contribution in [-0.2, 0) is 0 Å². The Morgan fingerprint density at radius 3 is 2.75 bits per heavy atom. The molecule has 0 radical (unpaired) electrons. The Morgan fingerprint density at radius 2 is 1.92 bits per heavy atom. The van der Waals surface area contributed by atoms with Gasteiger partial charge < -0.3 is 0 Å². The number of nitrogens with zero attached hydrogens (tertiary/aromatic N) is 2. The largest absolute Gasteiger partial charge is 0.280 e. The van der Waals surface area contributed by atoms with E-state index in [0.29, 0.717) is 0 Å². The van der Waals surface area contributed by atoms with Gasteiger partial charge in [-0.15, -0.1) is 0 Å². The molecule has 0 bridgehead atoms. The summed E-state index contributed by atoms with van der Waals surface area (Å²) in [6.07, 6.45) is 2.73. The highest BCUT2D eigenvalue weighted by Crippen LogP contribution is 2.35. The van der Waals surface area contributed by atoms with Gasteiger partial charge in [0.15, 0.2) is 0 Å². The first-order valence-corrected chi connectivity index (χ1v) is 8.40. The number of hydrogen-bond acceptors (Lipinski definition) is 2. The van der Waals surface area contributed by atoms with Crippen LogP contribution in [0.3, 0.4) is 0 Å². The molecular formula is C21H19FN2. The zero-order valence-corrected chi connectivity index (χ0v) is 13.8. The topological polar surface area (TPSA) is 25.2 Å². The molecule has 1 aliphatic heterocycles. The highest BCUT2D eigenvalue weighted by molar-refractivity contribution is 6.15. The predicted molar refractivity (Wildman–Crippen MR) is 96.3 cm³/mol. The molecule has 0 aliphatic carbocycles. The molecule has 2 aromatic carbocycles. The van der Waals surface area contributed by atoms with E-state index in [0.717, 1.165) is 39.7 Å². The molecule has 0 amide bonds. The summed E-state index contributed by atoms with van der Waals surface area (Å²) in [6.45, 7) is 4.17. The molecule has 2 heterocycles. The Labute approximate surface area is 141 Å². The molecule has 0 fully saturated rings. The molecule has 3 aromatic rings. The average Bonchev–Trinajstić information content (AvgIpc) is 2.62. The molecule has 1 aliphatic rings. The van der Waals surface area contributed by atoms with Crippen molar-refractivity contribution >= 4 is 16.6 Å². The Balaban J connectivity index is 1.93. The van der Waals surface area contributed by atoms with Crippen LogP contribution < -0.4 is 0 Å². The van der Waals surface area contributed by atoms with Crippen LogP contribution in [0.25, 0.3) is 10.9 Å². The summed E-state index contributed by atoms with van der Waals surface area (Å²) in [5.74, 6) is -0.0528. The maximum atomic E-state index is 14.5. The molecule has 24 heavy (non-hydrogen) atoms. The van der Waals surface area contributed by atoms with Crippen molar-refractivity contribution in [2.45, 2.75) is 32.2 Å². The van der Waals surface area contributed by atoms with Crippen LogP contribution in [0.2, 0.25) is 0 Å². The highest BCUT2D eigenvalue weighted by Gasteiger charge is 2.30. The molecule has 0 N–H and O–H groups in total. The molecule has 2 unspecified atom stereocenters. The van der Waals surface area contributed by atoms with Crippen LogP contribution in [-0.4, -0.2) is 16.7 Å². The predicted octanol–water partition coefficient (Wildman–Crippen LogP) is 5.11. The first kappa shape index (κ1) is 15.0. The number of aliphatic imine (C=N–C) groups is 1. The fourth-order valence-corrected chi connectivity index (χ4v) is 3.62. The molecule has 2 atom stereocenters. The fraction of sp³-hybridized carbons (Fsp3) is 0.238. The summed E-state index contributed by atoms with van der Waals surface area (Å²) in [7, 11) is 0. The monoisotopic (exact) mass is 318 g/mol. The van der Waals surface area contributed by atoms with E-state index in [2.05, 4.69) is 24.9 Å². The fourth-order valence-electron chi connectivity index (χ4n) is 3.62. The molecular weight excluding hydrogens is 299 g/mol. The number of para-hydroxylation sites is 1. The first-order valence-electron chi connectivity index (χ1n) is 8.40. The second-order valence-corrected chi connectivity index (χ2v) is 6.36. The molecule has 0 spiro atoms. The van der Waals surface area contributed by atoms with Crippen molar-refractivity contribution in [3.8, 4) is 0 Å². The van der Waals surface area contributed by atoms with Gasteiger partial charge in [-0.1, -0.05) is 44.2 Å². The van der Waals surface area contributed by atoms with Crippen molar-refractivity contribution < 1.29 is 4.39 Å². The summed E-state index contributed by atoms with van der Waals surface area (Å²) in [5.41, 5.74) is 4.43. The highest BCUT2D eigenvalue weighted by atomic mass is 19.1. The van der Waals surface area contributed by atoms with Crippen LogP contribution in [0.5, 0.6) is 0 Å². The van der Waals surface area contributed by atoms with E-state index in [4.69, 9.17) is 4.99 Å². The second kappa shape index (κ2) is 5.82. The zero-order valence-electron chi connectivity index (χ0n) is 13.8. The number of rotatable bonds is 2. The lowest BCUT2D eigenvalue weighted by Crippen LogP contribution is -2.26. The summed E-state index contributed by atoms with van der Waals surface area (Å²) in [5, 5.41) is 1.07. The van der Waals surface area contributed by atoms with E-state index in [-0.39, 0.29) is 17.8 Å². The van der Waals surface area contributed by atoms with Crippen molar-refractivity contribution in [1.82, 2.24) is 4.98 Å². The van der Waals surface area contributed by atoms with Gasteiger partial charge >= 0.3 is 0 Å². The lowest BCUT2D eigenvalue weighted by molar-refractivity contribution is 0.511. The number of pyridine rings is 1. The summed E-state index contributed by atoms with van der Waals surface area (Å²) >= 11 is 0. The van der Waals surface area contributed by atoms with Crippen LogP contribution in [0, 0.1) is 5.82 Å². The van der Waals surface area contributed by atoms with Crippen LogP contribution >= 0.6 is 0 Å². The third-order valence-corrected chi connectivity index (χ3v) is 4.92. The minimum atomic E-state index is -0.139. The smallest absolute Gasteiger partial charge is 0.127 e. The van der Waals surface area contributed by atoms with Gasteiger partial charge in [-0.2, -0.15) is 0 Å². The molecule has 0 saturated carbocycles. The molecule has 3 heteroatoms. The van der Waals surface area contributed by atoms with E-state index < -0.39 is 0 Å². The van der Waals surface area contributed by atoms with Gasteiger partial charge in [-0.25, -0.2) is 4.39 Å². The zero-order chi connectivity index (χ0) is 16.7. The number of benzene rings is 2. The lowest BCUT2D eigenvalue weighted by Gasteiger charge is -2.29. The molecule has 2 nitrogen and oxygen atoms in total. The molecule has 0 saturated heterocycles. The summed E-state index contributed by atoms with van der Waals surface area (Å²) < 4.78 is 14.5. The van der Waals surface area contributed by atoms with E-state index in [1.54, 1.807) is 12.1 Å². The van der Waals surface area contributed by atoms with E-state index >= 15 is 0 Å². The van der Waals surface area contributed by atoms with Crippen LogP contribution in [0.4, 0.5) is 4.39 Å². The standard InChI is InChI=1S/C21H19FN2/c1-3-18-13(2)20-16(8-6-9-17(20)22)21(24-18)15-11-14-7-4-5-10-19(14)23-12-15/h4-13,18H,3H2,1-2H3. The third kappa shape index (κ3) is 2.32. The summed E-state index contributed by atoms with van der Waals surface area (Å²) in [6, 6.07) is 15.5. The van der Waals surface area contributed by atoms with E-state index in [1.165, 1.54) is 0 Å². The van der Waals surface area contributed by atoms with Crippen molar-refractivity contribution in [3.05, 3.63) is 77.2 Å². The van der Waals surface area contributed by atoms with Crippen molar-refractivity contribution in [2.24, 2.45) is 4.99 Å². The van der Waals surface area contributed by atoms with Gasteiger partial charge in [0.1, 0.15) is 5.82 Å². The number of hydrogen-bond donors (Lipinski definition) is 0. The average molecular weight is 318 g/mol. The van der Waals surface area contributed by atoms with Gasteiger partial charge in [0.2, 0.25) is 0 Å². The van der Waals surface area contributed by atoms with Crippen LogP contribution in [0.1, 0.15) is 42.9 Å². The van der Waals surface area contributed by atoms with Crippen molar-refractivity contribution in [3.63, 3.8) is 0 Å².